The van der Waals surface area contributed by atoms with Crippen molar-refractivity contribution in [2.75, 3.05) is 13.6 Å². The number of hydrogen-bond acceptors (Lipinski definition) is 4. The molecule has 1 atom stereocenters. The third kappa shape index (κ3) is 4.04. The van der Waals surface area contributed by atoms with Crippen molar-refractivity contribution in [2.24, 2.45) is 0 Å². The molecule has 1 aromatic heterocycles. The van der Waals surface area contributed by atoms with Gasteiger partial charge in [0, 0.05) is 26.3 Å². The third-order valence-electron chi connectivity index (χ3n) is 2.57. The maximum Gasteiger partial charge on any atom is 0.326 e. The van der Waals surface area contributed by atoms with Gasteiger partial charge >= 0.3 is 12.0 Å². The van der Waals surface area contributed by atoms with E-state index in [0.29, 0.717) is 19.5 Å². The van der Waals surface area contributed by atoms with Gasteiger partial charge in [0.2, 0.25) is 0 Å². The molecule has 100 valence electrons. The van der Waals surface area contributed by atoms with Crippen molar-refractivity contribution in [3.05, 3.63) is 12.4 Å². The Morgan fingerprint density at radius 1 is 1.56 bits per heavy atom. The summed E-state index contributed by atoms with van der Waals surface area (Å²) in [7, 11) is 1.45. The van der Waals surface area contributed by atoms with Gasteiger partial charge in [-0.15, -0.1) is 5.10 Å². The second-order valence-corrected chi connectivity index (χ2v) is 3.88. The minimum Gasteiger partial charge on any atom is -0.480 e. The highest BCUT2D eigenvalue weighted by molar-refractivity contribution is 5.82. The number of carboxylic acid groups (broad SMARTS) is 1. The molecule has 8 nitrogen and oxygen atoms in total. The van der Waals surface area contributed by atoms with E-state index in [1.54, 1.807) is 17.1 Å². The van der Waals surface area contributed by atoms with E-state index in [0.717, 1.165) is 4.90 Å². The minimum absolute atomic E-state index is 0.400. The normalized spacial score (nSPS) is 11.9. The molecule has 0 spiro atoms. The molecule has 8 heteroatoms. The first-order valence-electron chi connectivity index (χ1n) is 5.60. The average molecular weight is 255 g/mol. The van der Waals surface area contributed by atoms with Crippen LogP contribution in [0.4, 0.5) is 4.79 Å². The highest BCUT2D eigenvalue weighted by atomic mass is 16.4. The zero-order chi connectivity index (χ0) is 13.5. The molecule has 0 bridgehead atoms. The van der Waals surface area contributed by atoms with E-state index in [4.69, 9.17) is 5.11 Å². The van der Waals surface area contributed by atoms with Gasteiger partial charge in [0.25, 0.3) is 0 Å². The number of likely N-dealkylation sites (N-methyl/N-ethyl adjacent to an activating group) is 1. The molecule has 0 saturated heterocycles. The molecule has 2 amide bonds. The maximum atomic E-state index is 11.6. The van der Waals surface area contributed by atoms with Crippen LogP contribution in [-0.2, 0) is 11.3 Å². The number of carbonyl (C=O) groups excluding carboxylic acids is 1. The Labute approximate surface area is 105 Å². The van der Waals surface area contributed by atoms with E-state index < -0.39 is 18.0 Å². The van der Waals surface area contributed by atoms with Crippen molar-refractivity contribution in [1.29, 1.82) is 0 Å². The van der Waals surface area contributed by atoms with Gasteiger partial charge < -0.3 is 15.3 Å². The van der Waals surface area contributed by atoms with E-state index in [2.05, 4.69) is 15.6 Å². The molecule has 1 unspecified atom stereocenters. The molecule has 0 aliphatic heterocycles. The summed E-state index contributed by atoms with van der Waals surface area (Å²) in [6.45, 7) is 2.56. The molecule has 2 N–H and O–H groups in total. The SMILES string of the molecule is CC(C(=O)O)N(C)C(=O)NCCCn1ccnn1. The molecule has 1 aromatic rings. The Hall–Kier alpha value is -2.12. The number of aliphatic carboxylic acids is 1. The molecule has 1 heterocycles. The minimum atomic E-state index is -1.03. The van der Waals surface area contributed by atoms with Crippen molar-refractivity contribution in [3.8, 4) is 0 Å². The lowest BCUT2D eigenvalue weighted by molar-refractivity contribution is -0.141. The number of carboxylic acids is 1. The maximum absolute atomic E-state index is 11.6. The molecular weight excluding hydrogens is 238 g/mol. The fourth-order valence-corrected chi connectivity index (χ4v) is 1.25. The monoisotopic (exact) mass is 255 g/mol. The summed E-state index contributed by atoms with van der Waals surface area (Å²) >= 11 is 0. The van der Waals surface area contributed by atoms with Gasteiger partial charge in [-0.05, 0) is 13.3 Å². The number of nitrogens with zero attached hydrogens (tertiary/aromatic N) is 4. The second-order valence-electron chi connectivity index (χ2n) is 3.88. The highest BCUT2D eigenvalue weighted by Crippen LogP contribution is 1.96. The van der Waals surface area contributed by atoms with Gasteiger partial charge in [-0.1, -0.05) is 5.21 Å². The summed E-state index contributed by atoms with van der Waals surface area (Å²) in [4.78, 5) is 23.4. The summed E-state index contributed by atoms with van der Waals surface area (Å²) in [5.74, 6) is -1.03. The van der Waals surface area contributed by atoms with Crippen molar-refractivity contribution in [2.45, 2.75) is 25.9 Å². The summed E-state index contributed by atoms with van der Waals surface area (Å²) < 4.78 is 1.66. The highest BCUT2D eigenvalue weighted by Gasteiger charge is 2.20. The number of aryl methyl sites for hydroxylation is 1. The standard InChI is InChI=1S/C10H17N5O3/c1-8(9(16)17)14(2)10(18)11-4-3-6-15-7-5-12-13-15/h5,7-8H,3-4,6H2,1-2H3,(H,11,18)(H,16,17). The largest absolute Gasteiger partial charge is 0.480 e. The predicted octanol–water partition coefficient (Wildman–Crippen LogP) is -0.217. The zero-order valence-corrected chi connectivity index (χ0v) is 10.4. The fraction of sp³-hybridized carbons (Fsp3) is 0.600. The molecule has 0 aliphatic carbocycles. The average Bonchev–Trinajstić information content (AvgIpc) is 2.85. The molecule has 18 heavy (non-hydrogen) atoms. The van der Waals surface area contributed by atoms with Gasteiger partial charge in [0.05, 0.1) is 6.20 Å². The van der Waals surface area contributed by atoms with Crippen molar-refractivity contribution < 1.29 is 14.7 Å². The molecule has 0 fully saturated rings. The number of carbonyl (C=O) groups is 2. The van der Waals surface area contributed by atoms with Crippen LogP contribution in [0.3, 0.4) is 0 Å². The molecule has 0 radical (unpaired) electrons. The first-order chi connectivity index (χ1) is 8.52. The van der Waals surface area contributed by atoms with E-state index in [9.17, 15) is 9.59 Å². The van der Waals surface area contributed by atoms with Crippen molar-refractivity contribution in [3.63, 3.8) is 0 Å². The lowest BCUT2D eigenvalue weighted by Crippen LogP contribution is -2.46. The molecule has 0 aromatic carbocycles. The van der Waals surface area contributed by atoms with Crippen molar-refractivity contribution >= 4 is 12.0 Å². The first-order valence-corrected chi connectivity index (χ1v) is 5.60. The van der Waals surface area contributed by atoms with E-state index >= 15 is 0 Å². The Morgan fingerprint density at radius 3 is 2.83 bits per heavy atom. The zero-order valence-electron chi connectivity index (χ0n) is 10.4. The van der Waals surface area contributed by atoms with Gasteiger partial charge in [0.1, 0.15) is 6.04 Å². The van der Waals surface area contributed by atoms with Crippen LogP contribution in [0, 0.1) is 0 Å². The summed E-state index contributed by atoms with van der Waals surface area (Å²) in [6, 6.07) is -1.25. The Kier molecular flexibility index (Phi) is 5.09. The van der Waals surface area contributed by atoms with Gasteiger partial charge in [0.15, 0.2) is 0 Å². The number of rotatable bonds is 6. The predicted molar refractivity (Wildman–Crippen MR) is 62.9 cm³/mol. The lowest BCUT2D eigenvalue weighted by Gasteiger charge is -2.21. The summed E-state index contributed by atoms with van der Waals surface area (Å²) in [5, 5.41) is 18.8. The summed E-state index contributed by atoms with van der Waals surface area (Å²) in [5.41, 5.74) is 0. The number of urea groups is 1. The van der Waals surface area contributed by atoms with Crippen LogP contribution < -0.4 is 5.32 Å². The molecule has 0 saturated carbocycles. The third-order valence-corrected chi connectivity index (χ3v) is 2.57. The smallest absolute Gasteiger partial charge is 0.326 e. The second kappa shape index (κ2) is 6.58. The molecular formula is C10H17N5O3. The number of hydrogen-bond donors (Lipinski definition) is 2. The molecule has 1 rings (SSSR count). The van der Waals surface area contributed by atoms with Gasteiger partial charge in [-0.3, -0.25) is 4.68 Å². The number of nitrogens with one attached hydrogen (secondary N) is 1. The van der Waals surface area contributed by atoms with Crippen LogP contribution >= 0.6 is 0 Å². The van der Waals surface area contributed by atoms with Crippen LogP contribution in [0.2, 0.25) is 0 Å². The van der Waals surface area contributed by atoms with Gasteiger partial charge in [-0.25, -0.2) is 9.59 Å². The van der Waals surface area contributed by atoms with E-state index in [1.807, 2.05) is 0 Å². The fourth-order valence-electron chi connectivity index (χ4n) is 1.25. The van der Waals surface area contributed by atoms with E-state index in [-0.39, 0.29) is 0 Å². The molecule has 0 aliphatic rings. The Bertz CT molecular complexity index is 392. The Morgan fingerprint density at radius 2 is 2.28 bits per heavy atom. The number of amides is 2. The van der Waals surface area contributed by atoms with Crippen molar-refractivity contribution in [1.82, 2.24) is 25.2 Å². The Balaban J connectivity index is 2.22. The van der Waals surface area contributed by atoms with Crippen LogP contribution in [0.1, 0.15) is 13.3 Å². The first kappa shape index (κ1) is 13.9. The van der Waals surface area contributed by atoms with E-state index in [1.165, 1.54) is 14.0 Å². The summed E-state index contributed by atoms with van der Waals surface area (Å²) in [6.07, 6.45) is 4.02. The van der Waals surface area contributed by atoms with Crippen LogP contribution in [0.25, 0.3) is 0 Å². The quantitative estimate of drug-likeness (QED) is 0.685. The van der Waals surface area contributed by atoms with Crippen LogP contribution in [-0.4, -0.2) is 56.6 Å². The number of aromatic nitrogens is 3. The van der Waals surface area contributed by atoms with Gasteiger partial charge in [-0.2, -0.15) is 0 Å². The van der Waals surface area contributed by atoms with Crippen LogP contribution in [0.5, 0.6) is 0 Å². The van der Waals surface area contributed by atoms with Crippen LogP contribution in [0.15, 0.2) is 12.4 Å². The topological polar surface area (TPSA) is 100 Å². The lowest BCUT2D eigenvalue weighted by atomic mass is 10.3.